The highest BCUT2D eigenvalue weighted by molar-refractivity contribution is 7.89. The van der Waals surface area contributed by atoms with Crippen LogP contribution in [-0.4, -0.2) is 25.7 Å². The highest BCUT2D eigenvalue weighted by Gasteiger charge is 2.27. The average Bonchev–Trinajstić information content (AvgIpc) is 2.91. The second-order valence-corrected chi connectivity index (χ2v) is 6.72. The second-order valence-electron chi connectivity index (χ2n) is 5.07. The molecule has 1 aromatic carbocycles. The Morgan fingerprint density at radius 2 is 2.00 bits per heavy atom. The topological polar surface area (TPSA) is 98.2 Å². The lowest BCUT2D eigenvalue weighted by Gasteiger charge is -2.24. The van der Waals surface area contributed by atoms with E-state index in [9.17, 15) is 8.42 Å². The summed E-state index contributed by atoms with van der Waals surface area (Å²) in [6.45, 7) is 3.64. The van der Waals surface area contributed by atoms with Crippen molar-refractivity contribution in [2.45, 2.75) is 24.3 Å². The molecule has 0 aliphatic heterocycles. The van der Waals surface area contributed by atoms with Gasteiger partial charge in [-0.05, 0) is 26.0 Å². The van der Waals surface area contributed by atoms with Crippen molar-refractivity contribution in [3.05, 3.63) is 36.5 Å². The van der Waals surface area contributed by atoms with Crippen molar-refractivity contribution >= 4 is 10.0 Å². The van der Waals surface area contributed by atoms with Crippen molar-refractivity contribution in [2.75, 3.05) is 6.54 Å². The maximum absolute atomic E-state index is 12.5. The molecule has 6 nitrogen and oxygen atoms in total. The number of sulfonamides is 1. The van der Waals surface area contributed by atoms with Crippen LogP contribution in [0.15, 0.2) is 45.9 Å². The summed E-state index contributed by atoms with van der Waals surface area (Å²) in [5.74, 6) is 0.400. The van der Waals surface area contributed by atoms with Crippen molar-refractivity contribution < 1.29 is 12.9 Å². The van der Waals surface area contributed by atoms with Gasteiger partial charge in [0.2, 0.25) is 10.0 Å². The van der Waals surface area contributed by atoms with Gasteiger partial charge in [0, 0.05) is 23.7 Å². The first-order valence-corrected chi connectivity index (χ1v) is 7.58. The van der Waals surface area contributed by atoms with Gasteiger partial charge < -0.3 is 10.3 Å². The molecule has 1 heterocycles. The van der Waals surface area contributed by atoms with E-state index in [2.05, 4.69) is 9.88 Å². The summed E-state index contributed by atoms with van der Waals surface area (Å²) in [4.78, 5) is 0.137. The molecule has 3 N–H and O–H groups in total. The number of aromatic nitrogens is 1. The molecule has 1 aromatic heterocycles. The van der Waals surface area contributed by atoms with E-state index in [1.54, 1.807) is 38.1 Å². The first-order chi connectivity index (χ1) is 9.36. The van der Waals surface area contributed by atoms with Crippen LogP contribution in [0.25, 0.3) is 11.3 Å². The van der Waals surface area contributed by atoms with Gasteiger partial charge in [0.15, 0.2) is 5.76 Å². The number of benzene rings is 1. The SMILES string of the molecule is CC(C)(CN)NS(=O)(=O)c1ccccc1-c1ccno1. The lowest BCUT2D eigenvalue weighted by atomic mass is 10.1. The van der Waals surface area contributed by atoms with Crippen LogP contribution in [0.4, 0.5) is 0 Å². The van der Waals surface area contributed by atoms with Crippen LogP contribution in [0.3, 0.4) is 0 Å². The van der Waals surface area contributed by atoms with Gasteiger partial charge >= 0.3 is 0 Å². The average molecular weight is 295 g/mol. The smallest absolute Gasteiger partial charge is 0.241 e. The highest BCUT2D eigenvalue weighted by Crippen LogP contribution is 2.27. The van der Waals surface area contributed by atoms with Crippen LogP contribution in [0.1, 0.15) is 13.8 Å². The normalized spacial score (nSPS) is 12.6. The zero-order chi connectivity index (χ0) is 14.8. The van der Waals surface area contributed by atoms with E-state index in [0.717, 1.165) is 0 Å². The molecule has 20 heavy (non-hydrogen) atoms. The minimum Gasteiger partial charge on any atom is -0.356 e. The molecule has 0 spiro atoms. The van der Waals surface area contributed by atoms with E-state index in [1.807, 2.05) is 0 Å². The van der Waals surface area contributed by atoms with Crippen LogP contribution < -0.4 is 10.5 Å². The Hall–Kier alpha value is -1.70. The predicted molar refractivity (Wildman–Crippen MR) is 75.4 cm³/mol. The summed E-state index contributed by atoms with van der Waals surface area (Å²) >= 11 is 0. The molecule has 2 rings (SSSR count). The van der Waals surface area contributed by atoms with Gasteiger partial charge in [0.1, 0.15) is 0 Å². The Morgan fingerprint density at radius 1 is 1.30 bits per heavy atom. The summed E-state index contributed by atoms with van der Waals surface area (Å²) in [7, 11) is -3.70. The first-order valence-electron chi connectivity index (χ1n) is 6.10. The van der Waals surface area contributed by atoms with Crippen molar-refractivity contribution in [3.8, 4) is 11.3 Å². The van der Waals surface area contributed by atoms with Gasteiger partial charge in [0.05, 0.1) is 11.1 Å². The molecule has 0 aliphatic carbocycles. The van der Waals surface area contributed by atoms with E-state index in [1.165, 1.54) is 12.3 Å². The van der Waals surface area contributed by atoms with Crippen molar-refractivity contribution in [1.29, 1.82) is 0 Å². The van der Waals surface area contributed by atoms with Crippen molar-refractivity contribution in [3.63, 3.8) is 0 Å². The minimum atomic E-state index is -3.70. The largest absolute Gasteiger partial charge is 0.356 e. The molecule has 0 bridgehead atoms. The van der Waals surface area contributed by atoms with Crippen LogP contribution in [0.2, 0.25) is 0 Å². The number of nitrogens with two attached hydrogens (primary N) is 1. The molecule has 108 valence electrons. The summed E-state index contributed by atoms with van der Waals surface area (Å²) < 4.78 is 32.6. The maximum atomic E-state index is 12.5. The molecule has 0 saturated carbocycles. The third-order valence-electron chi connectivity index (χ3n) is 2.80. The fourth-order valence-corrected chi connectivity index (χ4v) is 3.36. The molecule has 0 fully saturated rings. The monoisotopic (exact) mass is 295 g/mol. The standard InChI is InChI=1S/C13H17N3O3S/c1-13(2,9-14)16-20(17,18)12-6-4-3-5-10(12)11-7-8-15-19-11/h3-8,16H,9,14H2,1-2H3. The molecule has 0 radical (unpaired) electrons. The fraction of sp³-hybridized carbons (Fsp3) is 0.308. The maximum Gasteiger partial charge on any atom is 0.241 e. The van der Waals surface area contributed by atoms with Crippen LogP contribution in [0, 0.1) is 0 Å². The zero-order valence-corrected chi connectivity index (χ0v) is 12.1. The number of hydrogen-bond donors (Lipinski definition) is 2. The van der Waals surface area contributed by atoms with E-state index in [-0.39, 0.29) is 11.4 Å². The molecular weight excluding hydrogens is 278 g/mol. The Balaban J connectivity index is 2.48. The Bertz CT molecular complexity index is 679. The summed E-state index contributed by atoms with van der Waals surface area (Å²) in [6, 6.07) is 8.20. The third-order valence-corrected chi connectivity index (χ3v) is 4.56. The lowest BCUT2D eigenvalue weighted by molar-refractivity contribution is 0.431. The number of nitrogens with zero attached hydrogens (tertiary/aromatic N) is 1. The molecular formula is C13H17N3O3S. The van der Waals surface area contributed by atoms with Crippen molar-refractivity contribution in [2.24, 2.45) is 5.73 Å². The van der Waals surface area contributed by atoms with Gasteiger partial charge in [-0.3, -0.25) is 0 Å². The van der Waals surface area contributed by atoms with E-state index >= 15 is 0 Å². The summed E-state index contributed by atoms with van der Waals surface area (Å²) in [6.07, 6.45) is 1.47. The van der Waals surface area contributed by atoms with Crippen LogP contribution in [0.5, 0.6) is 0 Å². The van der Waals surface area contributed by atoms with Crippen LogP contribution >= 0.6 is 0 Å². The number of hydrogen-bond acceptors (Lipinski definition) is 5. The van der Waals surface area contributed by atoms with Gasteiger partial charge in [0.25, 0.3) is 0 Å². The lowest BCUT2D eigenvalue weighted by Crippen LogP contribution is -2.48. The second kappa shape index (κ2) is 5.35. The third kappa shape index (κ3) is 3.06. The summed E-state index contributed by atoms with van der Waals surface area (Å²) in [5.41, 5.74) is 5.30. The molecule has 0 amide bonds. The molecule has 0 unspecified atom stereocenters. The summed E-state index contributed by atoms with van der Waals surface area (Å²) in [5, 5.41) is 3.60. The van der Waals surface area contributed by atoms with E-state index < -0.39 is 15.6 Å². The minimum absolute atomic E-state index is 0.137. The Morgan fingerprint density at radius 3 is 2.60 bits per heavy atom. The predicted octanol–water partition coefficient (Wildman–Crippen LogP) is 1.36. The van der Waals surface area contributed by atoms with Gasteiger partial charge in [-0.25, -0.2) is 13.1 Å². The zero-order valence-electron chi connectivity index (χ0n) is 11.3. The fourth-order valence-electron chi connectivity index (χ4n) is 1.72. The molecule has 0 atom stereocenters. The highest BCUT2D eigenvalue weighted by atomic mass is 32.2. The Kier molecular flexibility index (Phi) is 3.94. The number of rotatable bonds is 5. The quantitative estimate of drug-likeness (QED) is 0.867. The van der Waals surface area contributed by atoms with Crippen molar-refractivity contribution in [1.82, 2.24) is 9.88 Å². The van der Waals surface area contributed by atoms with Gasteiger partial charge in [-0.1, -0.05) is 17.3 Å². The van der Waals surface area contributed by atoms with E-state index in [4.69, 9.17) is 10.3 Å². The Labute approximate surface area is 118 Å². The number of nitrogens with one attached hydrogen (secondary N) is 1. The molecule has 2 aromatic rings. The van der Waals surface area contributed by atoms with Gasteiger partial charge in [-0.15, -0.1) is 0 Å². The molecule has 7 heteroatoms. The van der Waals surface area contributed by atoms with E-state index in [0.29, 0.717) is 11.3 Å². The first kappa shape index (κ1) is 14.7. The molecule has 0 saturated heterocycles. The molecule has 0 aliphatic rings. The van der Waals surface area contributed by atoms with Gasteiger partial charge in [-0.2, -0.15) is 0 Å². The van der Waals surface area contributed by atoms with Crippen LogP contribution in [-0.2, 0) is 10.0 Å².